The maximum absolute atomic E-state index is 12.4. The van der Waals surface area contributed by atoms with Gasteiger partial charge >= 0.3 is 5.97 Å². The molecule has 2 aromatic carbocycles. The summed E-state index contributed by atoms with van der Waals surface area (Å²) in [6.45, 7) is 1.63. The fraction of sp³-hybridized carbons (Fsp3) is 0.182. The molecule has 0 fully saturated rings. The quantitative estimate of drug-likeness (QED) is 0.506. The van der Waals surface area contributed by atoms with Gasteiger partial charge in [0.1, 0.15) is 22.1 Å². The van der Waals surface area contributed by atoms with Crippen LogP contribution in [0.4, 0.5) is 5.00 Å². The molecule has 6 nitrogen and oxygen atoms in total. The Hall–Kier alpha value is -3.03. The van der Waals surface area contributed by atoms with Gasteiger partial charge < -0.3 is 19.5 Å². The molecule has 0 unspecified atom stereocenters. The number of benzene rings is 2. The number of aryl methyl sites for hydroxylation is 1. The minimum atomic E-state index is -0.535. The summed E-state index contributed by atoms with van der Waals surface area (Å²) < 4.78 is 15.7. The third-order valence-corrected chi connectivity index (χ3v) is 5.46. The van der Waals surface area contributed by atoms with Gasteiger partial charge in [0, 0.05) is 16.0 Å². The van der Waals surface area contributed by atoms with Crippen LogP contribution in [0.15, 0.2) is 47.8 Å². The Morgan fingerprint density at radius 2 is 1.83 bits per heavy atom. The molecule has 0 spiro atoms. The van der Waals surface area contributed by atoms with Crippen molar-refractivity contribution in [2.24, 2.45) is 0 Å². The molecule has 0 aliphatic rings. The van der Waals surface area contributed by atoms with Gasteiger partial charge in [-0.2, -0.15) is 0 Å². The first-order chi connectivity index (χ1) is 14.4. The van der Waals surface area contributed by atoms with Crippen LogP contribution in [0.25, 0.3) is 11.1 Å². The fourth-order valence-electron chi connectivity index (χ4n) is 2.82. The van der Waals surface area contributed by atoms with Crippen molar-refractivity contribution >= 4 is 39.8 Å². The Labute approximate surface area is 183 Å². The zero-order valence-corrected chi connectivity index (χ0v) is 18.2. The first kappa shape index (κ1) is 21.7. The lowest BCUT2D eigenvalue weighted by molar-refractivity contribution is -0.118. The topological polar surface area (TPSA) is 73.9 Å². The van der Waals surface area contributed by atoms with Crippen molar-refractivity contribution < 1.29 is 23.8 Å². The van der Waals surface area contributed by atoms with E-state index in [1.165, 1.54) is 18.4 Å². The van der Waals surface area contributed by atoms with Crippen LogP contribution in [0.1, 0.15) is 15.9 Å². The Kier molecular flexibility index (Phi) is 6.97. The van der Waals surface area contributed by atoms with Crippen molar-refractivity contribution in [3.8, 4) is 22.6 Å². The molecular formula is C22H20ClNO5S. The number of rotatable bonds is 7. The summed E-state index contributed by atoms with van der Waals surface area (Å²) >= 11 is 7.18. The maximum Gasteiger partial charge on any atom is 0.341 e. The molecule has 0 aliphatic carbocycles. The SMILES string of the molecule is COC(=O)c1c(-c2ccc(OC)cc2)csc1NC(=O)COc1ccc(Cl)cc1C. The van der Waals surface area contributed by atoms with Crippen LogP contribution in [0.3, 0.4) is 0 Å². The van der Waals surface area contributed by atoms with E-state index in [0.29, 0.717) is 32.6 Å². The molecule has 3 aromatic rings. The highest BCUT2D eigenvalue weighted by molar-refractivity contribution is 7.15. The van der Waals surface area contributed by atoms with E-state index < -0.39 is 11.9 Å². The molecule has 0 saturated heterocycles. The number of nitrogens with one attached hydrogen (secondary N) is 1. The highest BCUT2D eigenvalue weighted by Gasteiger charge is 2.22. The van der Waals surface area contributed by atoms with Crippen LogP contribution in [0.2, 0.25) is 5.02 Å². The van der Waals surface area contributed by atoms with Gasteiger partial charge in [0.25, 0.3) is 5.91 Å². The Bertz CT molecular complexity index is 1060. The van der Waals surface area contributed by atoms with E-state index in [1.54, 1.807) is 42.8 Å². The molecule has 1 amide bonds. The summed E-state index contributed by atoms with van der Waals surface area (Å²) in [5.41, 5.74) is 2.59. The molecule has 0 bridgehead atoms. The van der Waals surface area contributed by atoms with Crippen molar-refractivity contribution in [3.05, 3.63) is 64.0 Å². The van der Waals surface area contributed by atoms with Crippen LogP contribution in [0, 0.1) is 6.92 Å². The van der Waals surface area contributed by atoms with Crippen LogP contribution in [-0.2, 0) is 9.53 Å². The first-order valence-electron chi connectivity index (χ1n) is 8.96. The summed E-state index contributed by atoms with van der Waals surface area (Å²) in [6, 6.07) is 12.4. The smallest absolute Gasteiger partial charge is 0.341 e. The van der Waals surface area contributed by atoms with Gasteiger partial charge in [-0.05, 0) is 48.4 Å². The number of halogens is 1. The van der Waals surface area contributed by atoms with Gasteiger partial charge in [0.2, 0.25) is 0 Å². The summed E-state index contributed by atoms with van der Waals surface area (Å²) in [4.78, 5) is 24.8. The molecule has 0 atom stereocenters. The molecule has 0 radical (unpaired) electrons. The molecule has 0 saturated carbocycles. The van der Waals surface area contributed by atoms with E-state index in [9.17, 15) is 9.59 Å². The molecule has 1 heterocycles. The highest BCUT2D eigenvalue weighted by atomic mass is 35.5. The lowest BCUT2D eigenvalue weighted by Gasteiger charge is -2.10. The van der Waals surface area contributed by atoms with Gasteiger partial charge in [-0.1, -0.05) is 23.7 Å². The normalized spacial score (nSPS) is 10.4. The average molecular weight is 446 g/mol. The second-order valence-electron chi connectivity index (χ2n) is 6.32. The predicted octanol–water partition coefficient (Wildman–Crippen LogP) is 5.19. The Balaban J connectivity index is 1.78. The van der Waals surface area contributed by atoms with Crippen molar-refractivity contribution in [1.29, 1.82) is 0 Å². The van der Waals surface area contributed by atoms with Crippen molar-refractivity contribution in [2.45, 2.75) is 6.92 Å². The van der Waals surface area contributed by atoms with Crippen LogP contribution in [-0.4, -0.2) is 32.7 Å². The molecule has 1 N–H and O–H groups in total. The molecule has 3 rings (SSSR count). The largest absolute Gasteiger partial charge is 0.497 e. The lowest BCUT2D eigenvalue weighted by Crippen LogP contribution is -2.21. The summed E-state index contributed by atoms with van der Waals surface area (Å²) in [6.07, 6.45) is 0. The minimum absolute atomic E-state index is 0.209. The number of anilines is 1. The van der Waals surface area contributed by atoms with E-state index in [4.69, 9.17) is 25.8 Å². The van der Waals surface area contributed by atoms with Crippen molar-refractivity contribution in [3.63, 3.8) is 0 Å². The first-order valence-corrected chi connectivity index (χ1v) is 10.2. The minimum Gasteiger partial charge on any atom is -0.497 e. The number of hydrogen-bond acceptors (Lipinski definition) is 6. The van der Waals surface area contributed by atoms with Gasteiger partial charge in [-0.3, -0.25) is 4.79 Å². The van der Waals surface area contributed by atoms with Gasteiger partial charge in [0.15, 0.2) is 6.61 Å². The van der Waals surface area contributed by atoms with Gasteiger partial charge in [-0.25, -0.2) is 4.79 Å². The van der Waals surface area contributed by atoms with Crippen molar-refractivity contribution in [1.82, 2.24) is 0 Å². The van der Waals surface area contributed by atoms with E-state index >= 15 is 0 Å². The number of amides is 1. The second kappa shape index (κ2) is 9.65. The number of thiophene rings is 1. The summed E-state index contributed by atoms with van der Waals surface area (Å²) in [5.74, 6) is 0.342. The fourth-order valence-corrected chi connectivity index (χ4v) is 4.02. The Morgan fingerprint density at radius 3 is 2.47 bits per heavy atom. The third kappa shape index (κ3) is 4.93. The molecule has 30 heavy (non-hydrogen) atoms. The Morgan fingerprint density at radius 1 is 1.10 bits per heavy atom. The standard InChI is InChI=1S/C22H20ClNO5S/c1-13-10-15(23)6-9-18(13)29-11-19(25)24-21-20(22(26)28-3)17(12-30-21)14-4-7-16(27-2)8-5-14/h4-10,12H,11H2,1-3H3,(H,24,25). The lowest BCUT2D eigenvalue weighted by atomic mass is 10.0. The molecule has 0 aliphatic heterocycles. The van der Waals surface area contributed by atoms with Crippen molar-refractivity contribution in [2.75, 3.05) is 26.1 Å². The zero-order chi connectivity index (χ0) is 21.7. The number of hydrogen-bond donors (Lipinski definition) is 1. The number of ether oxygens (including phenoxy) is 3. The van der Waals surface area contributed by atoms with Gasteiger partial charge in [-0.15, -0.1) is 11.3 Å². The zero-order valence-electron chi connectivity index (χ0n) is 16.7. The maximum atomic E-state index is 12.4. The number of carbonyl (C=O) groups excluding carboxylic acids is 2. The summed E-state index contributed by atoms with van der Waals surface area (Å²) in [5, 5.41) is 5.53. The van der Waals surface area contributed by atoms with Crippen LogP contribution in [0.5, 0.6) is 11.5 Å². The highest BCUT2D eigenvalue weighted by Crippen LogP contribution is 2.36. The predicted molar refractivity (Wildman–Crippen MR) is 118 cm³/mol. The molecule has 156 valence electrons. The molecule has 1 aromatic heterocycles. The van der Waals surface area contributed by atoms with E-state index in [2.05, 4.69) is 5.32 Å². The van der Waals surface area contributed by atoms with E-state index in [0.717, 1.165) is 11.1 Å². The van der Waals surface area contributed by atoms with E-state index in [1.807, 2.05) is 19.1 Å². The summed E-state index contributed by atoms with van der Waals surface area (Å²) in [7, 11) is 2.89. The number of carbonyl (C=O) groups is 2. The molecular weight excluding hydrogens is 426 g/mol. The van der Waals surface area contributed by atoms with Gasteiger partial charge in [0.05, 0.1) is 14.2 Å². The second-order valence-corrected chi connectivity index (χ2v) is 7.64. The monoisotopic (exact) mass is 445 g/mol. The average Bonchev–Trinajstić information content (AvgIpc) is 3.16. The molecule has 8 heteroatoms. The number of methoxy groups -OCH3 is 2. The van der Waals surface area contributed by atoms with E-state index in [-0.39, 0.29) is 6.61 Å². The third-order valence-electron chi connectivity index (χ3n) is 4.33. The van der Waals surface area contributed by atoms with Crippen LogP contribution >= 0.6 is 22.9 Å². The number of esters is 1. The van der Waals surface area contributed by atoms with Crippen LogP contribution < -0.4 is 14.8 Å².